The molecule has 0 fully saturated rings. The number of nitrogens with zero attached hydrogens (tertiary/aromatic N) is 2. The summed E-state index contributed by atoms with van der Waals surface area (Å²) in [7, 11) is 0. The third kappa shape index (κ3) is 2.64. The number of hydrogen-bond acceptors (Lipinski definition) is 2. The average molecular weight is 315 g/mol. The van der Waals surface area contributed by atoms with E-state index in [9.17, 15) is 13.6 Å². The summed E-state index contributed by atoms with van der Waals surface area (Å²) in [5, 5.41) is 0. The van der Waals surface area contributed by atoms with Gasteiger partial charge >= 0.3 is 0 Å². The second-order valence-electron chi connectivity index (χ2n) is 3.82. The van der Waals surface area contributed by atoms with E-state index in [0.717, 1.165) is 6.07 Å². The number of aryl methyl sites for hydroxylation is 1. The molecule has 1 heterocycles. The first-order chi connectivity index (χ1) is 8.47. The van der Waals surface area contributed by atoms with Crippen molar-refractivity contribution in [3.63, 3.8) is 0 Å². The summed E-state index contributed by atoms with van der Waals surface area (Å²) in [6, 6.07) is 3.17. The standard InChI is InChI=1S/C12H9BrF2N2O/c1-7-16-5-11(13)12(18)17(7)6-8-2-9(14)4-10(15)3-8/h2-5H,6H2,1H3. The number of aromatic nitrogens is 2. The van der Waals surface area contributed by atoms with Crippen LogP contribution in [0.25, 0.3) is 0 Å². The highest BCUT2D eigenvalue weighted by molar-refractivity contribution is 9.10. The van der Waals surface area contributed by atoms with Crippen LogP contribution in [0.4, 0.5) is 8.78 Å². The van der Waals surface area contributed by atoms with Crippen molar-refractivity contribution >= 4 is 15.9 Å². The number of hydrogen-bond donors (Lipinski definition) is 0. The molecule has 0 N–H and O–H groups in total. The van der Waals surface area contributed by atoms with Crippen molar-refractivity contribution in [2.45, 2.75) is 13.5 Å². The highest BCUT2D eigenvalue weighted by atomic mass is 79.9. The van der Waals surface area contributed by atoms with E-state index in [0.29, 0.717) is 15.9 Å². The molecule has 94 valence electrons. The normalized spacial score (nSPS) is 10.7. The smallest absolute Gasteiger partial charge is 0.268 e. The van der Waals surface area contributed by atoms with E-state index in [1.165, 1.54) is 22.9 Å². The number of benzene rings is 1. The Morgan fingerprint density at radius 1 is 1.28 bits per heavy atom. The Balaban J connectivity index is 2.46. The molecule has 0 saturated carbocycles. The Labute approximate surface area is 110 Å². The minimum absolute atomic E-state index is 0.0752. The lowest BCUT2D eigenvalue weighted by Crippen LogP contribution is -2.24. The Kier molecular flexibility index (Phi) is 3.56. The summed E-state index contributed by atoms with van der Waals surface area (Å²) in [4.78, 5) is 15.9. The molecular weight excluding hydrogens is 306 g/mol. The van der Waals surface area contributed by atoms with Crippen LogP contribution in [0.3, 0.4) is 0 Å². The quantitative estimate of drug-likeness (QED) is 0.854. The molecule has 0 radical (unpaired) electrons. The van der Waals surface area contributed by atoms with Gasteiger partial charge < -0.3 is 0 Å². The third-order valence-corrected chi connectivity index (χ3v) is 3.01. The molecule has 0 aliphatic rings. The highest BCUT2D eigenvalue weighted by Gasteiger charge is 2.08. The summed E-state index contributed by atoms with van der Waals surface area (Å²) in [5.41, 5.74) is 0.0877. The summed E-state index contributed by atoms with van der Waals surface area (Å²) in [6.07, 6.45) is 1.40. The lowest BCUT2D eigenvalue weighted by molar-refractivity contribution is 0.575. The second-order valence-corrected chi connectivity index (χ2v) is 4.68. The molecule has 0 amide bonds. The zero-order valence-electron chi connectivity index (χ0n) is 9.45. The van der Waals surface area contributed by atoms with Gasteiger partial charge in [0.15, 0.2) is 0 Å². The Hall–Kier alpha value is -1.56. The van der Waals surface area contributed by atoms with Gasteiger partial charge in [0, 0.05) is 12.3 Å². The number of rotatable bonds is 2. The minimum atomic E-state index is -0.668. The highest BCUT2D eigenvalue weighted by Crippen LogP contribution is 2.10. The second kappa shape index (κ2) is 4.97. The van der Waals surface area contributed by atoms with E-state index in [4.69, 9.17) is 0 Å². The van der Waals surface area contributed by atoms with Crippen LogP contribution < -0.4 is 5.56 Å². The molecule has 3 nitrogen and oxygen atoms in total. The predicted molar refractivity (Wildman–Crippen MR) is 66.4 cm³/mol. The van der Waals surface area contributed by atoms with E-state index in [2.05, 4.69) is 20.9 Å². The summed E-state index contributed by atoms with van der Waals surface area (Å²) < 4.78 is 27.8. The summed E-state index contributed by atoms with van der Waals surface area (Å²) >= 11 is 3.08. The van der Waals surface area contributed by atoms with Crippen LogP contribution in [0.2, 0.25) is 0 Å². The molecule has 2 aromatic rings. The molecule has 0 atom stereocenters. The van der Waals surface area contributed by atoms with Gasteiger partial charge in [-0.2, -0.15) is 0 Å². The van der Waals surface area contributed by atoms with E-state index >= 15 is 0 Å². The lowest BCUT2D eigenvalue weighted by atomic mass is 10.2. The van der Waals surface area contributed by atoms with Crippen LogP contribution in [0, 0.1) is 18.6 Å². The average Bonchev–Trinajstić information content (AvgIpc) is 2.28. The molecule has 18 heavy (non-hydrogen) atoms. The molecule has 0 aliphatic heterocycles. The van der Waals surface area contributed by atoms with Crippen molar-refractivity contribution < 1.29 is 8.78 Å². The molecule has 1 aromatic carbocycles. The molecular formula is C12H9BrF2N2O. The van der Waals surface area contributed by atoms with Crippen molar-refractivity contribution in [1.29, 1.82) is 0 Å². The van der Waals surface area contributed by atoms with E-state index in [1.54, 1.807) is 6.92 Å². The fourth-order valence-electron chi connectivity index (χ4n) is 1.62. The van der Waals surface area contributed by atoms with Crippen LogP contribution >= 0.6 is 15.9 Å². The maximum atomic E-state index is 13.1. The Bertz CT molecular complexity index is 635. The van der Waals surface area contributed by atoms with Gasteiger partial charge in [-0.1, -0.05) is 0 Å². The Morgan fingerprint density at radius 2 is 1.89 bits per heavy atom. The van der Waals surface area contributed by atoms with Gasteiger partial charge in [-0.25, -0.2) is 13.8 Å². The largest absolute Gasteiger partial charge is 0.291 e. The maximum Gasteiger partial charge on any atom is 0.268 e. The van der Waals surface area contributed by atoms with Gasteiger partial charge in [-0.15, -0.1) is 0 Å². The lowest BCUT2D eigenvalue weighted by Gasteiger charge is -2.09. The first-order valence-corrected chi connectivity index (χ1v) is 5.93. The minimum Gasteiger partial charge on any atom is -0.291 e. The molecule has 0 saturated heterocycles. The molecule has 0 aliphatic carbocycles. The fraction of sp³-hybridized carbons (Fsp3) is 0.167. The van der Waals surface area contributed by atoms with Gasteiger partial charge in [0.1, 0.15) is 21.9 Å². The summed E-state index contributed by atoms with van der Waals surface area (Å²) in [5.74, 6) is -0.856. The van der Waals surface area contributed by atoms with Crippen molar-refractivity contribution in [2.75, 3.05) is 0 Å². The van der Waals surface area contributed by atoms with Crippen LogP contribution in [-0.2, 0) is 6.54 Å². The monoisotopic (exact) mass is 314 g/mol. The first-order valence-electron chi connectivity index (χ1n) is 5.14. The molecule has 1 aromatic heterocycles. The van der Waals surface area contributed by atoms with Gasteiger partial charge in [0.05, 0.1) is 6.54 Å². The van der Waals surface area contributed by atoms with E-state index < -0.39 is 11.6 Å². The van der Waals surface area contributed by atoms with E-state index in [-0.39, 0.29) is 12.1 Å². The van der Waals surface area contributed by atoms with Crippen molar-refractivity contribution in [3.8, 4) is 0 Å². The predicted octanol–water partition coefficient (Wildman–Crippen LogP) is 2.64. The van der Waals surface area contributed by atoms with Crippen LogP contribution in [0.5, 0.6) is 0 Å². The van der Waals surface area contributed by atoms with Crippen LogP contribution in [0.15, 0.2) is 33.7 Å². The zero-order chi connectivity index (χ0) is 13.3. The number of halogens is 3. The molecule has 0 spiro atoms. The van der Waals surface area contributed by atoms with Crippen molar-refractivity contribution in [2.24, 2.45) is 0 Å². The first kappa shape index (κ1) is 12.9. The van der Waals surface area contributed by atoms with Crippen molar-refractivity contribution in [1.82, 2.24) is 9.55 Å². The van der Waals surface area contributed by atoms with Gasteiger partial charge in [0.25, 0.3) is 5.56 Å². The molecule has 6 heteroatoms. The van der Waals surface area contributed by atoms with E-state index in [1.807, 2.05) is 0 Å². The van der Waals surface area contributed by atoms with Gasteiger partial charge in [-0.05, 0) is 40.5 Å². The van der Waals surface area contributed by atoms with Gasteiger partial charge in [0.2, 0.25) is 0 Å². The zero-order valence-corrected chi connectivity index (χ0v) is 11.0. The molecule has 0 bridgehead atoms. The van der Waals surface area contributed by atoms with Crippen LogP contribution in [0.1, 0.15) is 11.4 Å². The van der Waals surface area contributed by atoms with Crippen LogP contribution in [-0.4, -0.2) is 9.55 Å². The molecule has 2 rings (SSSR count). The van der Waals surface area contributed by atoms with Crippen molar-refractivity contribution in [3.05, 3.63) is 62.2 Å². The topological polar surface area (TPSA) is 34.9 Å². The summed E-state index contributed by atoms with van der Waals surface area (Å²) in [6.45, 7) is 1.73. The maximum absolute atomic E-state index is 13.1. The molecule has 0 unspecified atom stereocenters. The SMILES string of the molecule is Cc1ncc(Br)c(=O)n1Cc1cc(F)cc(F)c1. The van der Waals surface area contributed by atoms with Gasteiger partial charge in [-0.3, -0.25) is 9.36 Å². The fourth-order valence-corrected chi connectivity index (χ4v) is 1.94. The Morgan fingerprint density at radius 3 is 2.50 bits per heavy atom. The third-order valence-electron chi connectivity index (χ3n) is 2.47.